The summed E-state index contributed by atoms with van der Waals surface area (Å²) >= 11 is 0. The van der Waals surface area contributed by atoms with Crippen molar-refractivity contribution in [1.29, 1.82) is 0 Å². The van der Waals surface area contributed by atoms with Crippen LogP contribution in [0.3, 0.4) is 0 Å². The molecule has 1 N–H and O–H groups in total. The third-order valence-corrected chi connectivity index (χ3v) is 5.51. The standard InChI is InChI=1S/C27H37N/c1-22(16-17-26-24(3)13-10-19-27(26,4)5)11-9-12-23(2)18-20-28-21-25-14-7-6-8-15-25/h6-9,11-12,14-18,28H,10,13,19-21H2,1-5H3. The maximum Gasteiger partial charge on any atom is 0.0208 e. The van der Waals surface area contributed by atoms with Gasteiger partial charge in [-0.15, -0.1) is 0 Å². The van der Waals surface area contributed by atoms with Crippen LogP contribution in [0.25, 0.3) is 0 Å². The molecule has 0 heterocycles. The molecule has 0 saturated carbocycles. The van der Waals surface area contributed by atoms with Crippen LogP contribution in [0.5, 0.6) is 0 Å². The van der Waals surface area contributed by atoms with Crippen LogP contribution in [0.2, 0.25) is 0 Å². The van der Waals surface area contributed by atoms with Gasteiger partial charge in [-0.3, -0.25) is 0 Å². The first-order chi connectivity index (χ1) is 13.4. The first-order valence-electron chi connectivity index (χ1n) is 10.5. The molecule has 1 aliphatic rings. The monoisotopic (exact) mass is 375 g/mol. The second-order valence-electron chi connectivity index (χ2n) is 8.60. The number of rotatable bonds is 8. The van der Waals surface area contributed by atoms with Crippen molar-refractivity contribution in [3.8, 4) is 0 Å². The van der Waals surface area contributed by atoms with Crippen LogP contribution in [0.4, 0.5) is 0 Å². The van der Waals surface area contributed by atoms with Crippen LogP contribution in [-0.4, -0.2) is 6.54 Å². The van der Waals surface area contributed by atoms with E-state index in [0.29, 0.717) is 5.41 Å². The summed E-state index contributed by atoms with van der Waals surface area (Å²) in [6.45, 7) is 13.1. The highest BCUT2D eigenvalue weighted by molar-refractivity contribution is 5.37. The van der Waals surface area contributed by atoms with Crippen molar-refractivity contribution in [3.63, 3.8) is 0 Å². The molecule has 150 valence electrons. The first kappa shape index (κ1) is 22.2. The summed E-state index contributed by atoms with van der Waals surface area (Å²) in [5, 5.41) is 3.46. The Kier molecular flexibility index (Phi) is 8.73. The normalized spacial score (nSPS) is 18.5. The van der Waals surface area contributed by atoms with Gasteiger partial charge in [-0.25, -0.2) is 0 Å². The van der Waals surface area contributed by atoms with Crippen LogP contribution >= 0.6 is 0 Å². The van der Waals surface area contributed by atoms with Crippen LogP contribution in [0.15, 0.2) is 89.1 Å². The Labute approximate surface area is 172 Å². The highest BCUT2D eigenvalue weighted by atomic mass is 14.8. The molecule has 0 amide bonds. The fourth-order valence-corrected chi connectivity index (χ4v) is 3.75. The Balaban J connectivity index is 1.83. The maximum atomic E-state index is 3.46. The first-order valence-corrected chi connectivity index (χ1v) is 10.5. The lowest BCUT2D eigenvalue weighted by atomic mass is 9.72. The topological polar surface area (TPSA) is 12.0 Å². The van der Waals surface area contributed by atoms with Crippen molar-refractivity contribution in [3.05, 3.63) is 94.6 Å². The lowest BCUT2D eigenvalue weighted by molar-refractivity contribution is 0.377. The van der Waals surface area contributed by atoms with E-state index in [4.69, 9.17) is 0 Å². The Morgan fingerprint density at radius 1 is 1.07 bits per heavy atom. The van der Waals surface area contributed by atoms with Crippen molar-refractivity contribution in [1.82, 2.24) is 5.32 Å². The summed E-state index contributed by atoms with van der Waals surface area (Å²) in [5.74, 6) is 0. The number of hydrogen-bond acceptors (Lipinski definition) is 1. The van der Waals surface area contributed by atoms with Gasteiger partial charge in [-0.1, -0.05) is 97.4 Å². The lowest BCUT2D eigenvalue weighted by Crippen LogP contribution is -2.19. The Hall–Kier alpha value is -2.12. The van der Waals surface area contributed by atoms with Gasteiger partial charge in [-0.05, 0) is 56.6 Å². The molecule has 0 saturated heterocycles. The van der Waals surface area contributed by atoms with Gasteiger partial charge in [0.05, 0.1) is 0 Å². The molecule has 2 rings (SSSR count). The van der Waals surface area contributed by atoms with Gasteiger partial charge < -0.3 is 5.32 Å². The fourth-order valence-electron chi connectivity index (χ4n) is 3.75. The summed E-state index contributed by atoms with van der Waals surface area (Å²) in [7, 11) is 0. The van der Waals surface area contributed by atoms with E-state index in [9.17, 15) is 0 Å². The molecule has 28 heavy (non-hydrogen) atoms. The van der Waals surface area contributed by atoms with E-state index in [-0.39, 0.29) is 0 Å². The summed E-state index contributed by atoms with van der Waals surface area (Å²) in [6, 6.07) is 10.5. The molecule has 0 aromatic heterocycles. The van der Waals surface area contributed by atoms with E-state index in [2.05, 4.69) is 107 Å². The smallest absolute Gasteiger partial charge is 0.0208 e. The van der Waals surface area contributed by atoms with Crippen molar-refractivity contribution in [2.24, 2.45) is 5.41 Å². The molecule has 1 aromatic rings. The minimum absolute atomic E-state index is 0.307. The van der Waals surface area contributed by atoms with E-state index in [1.807, 2.05) is 0 Å². The highest BCUT2D eigenvalue weighted by Gasteiger charge is 2.26. The van der Waals surface area contributed by atoms with E-state index in [0.717, 1.165) is 13.1 Å². The Morgan fingerprint density at radius 3 is 2.54 bits per heavy atom. The number of benzene rings is 1. The summed E-state index contributed by atoms with van der Waals surface area (Å²) in [6.07, 6.45) is 17.2. The van der Waals surface area contributed by atoms with E-state index in [1.165, 1.54) is 41.5 Å². The summed E-state index contributed by atoms with van der Waals surface area (Å²) in [4.78, 5) is 0. The molecule has 0 radical (unpaired) electrons. The van der Waals surface area contributed by atoms with Crippen LogP contribution in [-0.2, 0) is 6.54 Å². The summed E-state index contributed by atoms with van der Waals surface area (Å²) in [5.41, 5.74) is 7.27. The molecular formula is C27H37N. The van der Waals surface area contributed by atoms with Gasteiger partial charge >= 0.3 is 0 Å². The predicted molar refractivity (Wildman–Crippen MR) is 124 cm³/mol. The number of hydrogen-bond donors (Lipinski definition) is 1. The quantitative estimate of drug-likeness (QED) is 0.371. The average Bonchev–Trinajstić information content (AvgIpc) is 2.65. The molecule has 0 spiro atoms. The van der Waals surface area contributed by atoms with E-state index >= 15 is 0 Å². The van der Waals surface area contributed by atoms with Crippen molar-refractivity contribution >= 4 is 0 Å². The molecule has 1 nitrogen and oxygen atoms in total. The molecule has 0 aliphatic heterocycles. The second-order valence-corrected chi connectivity index (χ2v) is 8.60. The van der Waals surface area contributed by atoms with Crippen molar-refractivity contribution < 1.29 is 0 Å². The SMILES string of the molecule is CC(C=CC1=C(C)CCCC1(C)C)=CC=CC(C)=CCNCc1ccccc1. The van der Waals surface area contributed by atoms with E-state index < -0.39 is 0 Å². The van der Waals surface area contributed by atoms with Crippen molar-refractivity contribution in [2.75, 3.05) is 6.54 Å². The molecule has 1 aromatic carbocycles. The average molecular weight is 376 g/mol. The highest BCUT2D eigenvalue weighted by Crippen LogP contribution is 2.40. The zero-order valence-electron chi connectivity index (χ0n) is 18.4. The van der Waals surface area contributed by atoms with Crippen LogP contribution in [0.1, 0.15) is 59.4 Å². The van der Waals surface area contributed by atoms with Crippen LogP contribution in [0, 0.1) is 5.41 Å². The zero-order valence-corrected chi connectivity index (χ0v) is 18.4. The van der Waals surface area contributed by atoms with Crippen LogP contribution < -0.4 is 5.32 Å². The molecule has 1 heteroatoms. The van der Waals surface area contributed by atoms with Gasteiger partial charge in [-0.2, -0.15) is 0 Å². The molecule has 0 atom stereocenters. The minimum Gasteiger partial charge on any atom is -0.309 e. The molecule has 0 bridgehead atoms. The van der Waals surface area contributed by atoms with E-state index in [1.54, 1.807) is 5.57 Å². The van der Waals surface area contributed by atoms with Gasteiger partial charge in [0.15, 0.2) is 0 Å². The molecular weight excluding hydrogens is 338 g/mol. The minimum atomic E-state index is 0.307. The Bertz CT molecular complexity index is 770. The van der Waals surface area contributed by atoms with Gasteiger partial charge in [0.2, 0.25) is 0 Å². The maximum absolute atomic E-state index is 3.46. The predicted octanol–water partition coefficient (Wildman–Crippen LogP) is 7.31. The van der Waals surface area contributed by atoms with Gasteiger partial charge in [0.25, 0.3) is 0 Å². The second kappa shape index (κ2) is 11.0. The van der Waals surface area contributed by atoms with Gasteiger partial charge in [0.1, 0.15) is 0 Å². The lowest BCUT2D eigenvalue weighted by Gasteiger charge is -2.32. The molecule has 1 aliphatic carbocycles. The number of allylic oxidation sites excluding steroid dienone is 9. The van der Waals surface area contributed by atoms with Gasteiger partial charge in [0, 0.05) is 13.1 Å². The largest absolute Gasteiger partial charge is 0.309 e. The zero-order chi connectivity index (χ0) is 20.4. The third-order valence-electron chi connectivity index (χ3n) is 5.51. The fraction of sp³-hybridized carbons (Fsp3) is 0.407. The van der Waals surface area contributed by atoms with Crippen molar-refractivity contribution in [2.45, 2.75) is 60.4 Å². The number of nitrogens with one attached hydrogen (secondary N) is 1. The molecule has 0 fully saturated rings. The third kappa shape index (κ3) is 7.48. The Morgan fingerprint density at radius 2 is 1.82 bits per heavy atom. The summed E-state index contributed by atoms with van der Waals surface area (Å²) < 4.78 is 0. The molecule has 0 unspecified atom stereocenters.